The van der Waals surface area contributed by atoms with Crippen LogP contribution in [0.2, 0.25) is 0 Å². The summed E-state index contributed by atoms with van der Waals surface area (Å²) in [7, 11) is 0. The number of carboxylic acids is 1. The van der Waals surface area contributed by atoms with Crippen molar-refractivity contribution in [1.82, 2.24) is 0 Å². The second kappa shape index (κ2) is 3.21. The molecule has 1 rings (SSSR count). The quantitative estimate of drug-likeness (QED) is 0.586. The largest absolute Gasteiger partial charge is 0.482 e. The van der Waals surface area contributed by atoms with Crippen molar-refractivity contribution < 1.29 is 19.7 Å². The first-order valence-electron chi connectivity index (χ1n) is 3.10. The Bertz CT molecular complexity index is 216. The van der Waals surface area contributed by atoms with Gasteiger partial charge in [0.25, 0.3) is 0 Å². The molecule has 0 saturated heterocycles. The van der Waals surface area contributed by atoms with Gasteiger partial charge in [-0.15, -0.1) is 0 Å². The van der Waals surface area contributed by atoms with Gasteiger partial charge >= 0.3 is 5.97 Å². The highest BCUT2D eigenvalue weighted by atomic mass is 16.5. The van der Waals surface area contributed by atoms with Gasteiger partial charge in [0, 0.05) is 5.57 Å². The minimum absolute atomic E-state index is 0.136. The number of aliphatic carboxylic acids is 1. The molecular formula is C7H8O4. The van der Waals surface area contributed by atoms with E-state index < -0.39 is 12.1 Å². The Morgan fingerprint density at radius 3 is 2.82 bits per heavy atom. The van der Waals surface area contributed by atoms with Crippen LogP contribution in [0.4, 0.5) is 0 Å². The van der Waals surface area contributed by atoms with Crippen molar-refractivity contribution in [3.05, 3.63) is 24.0 Å². The van der Waals surface area contributed by atoms with Gasteiger partial charge in [0.15, 0.2) is 0 Å². The zero-order valence-corrected chi connectivity index (χ0v) is 5.73. The molecule has 1 atom stereocenters. The highest BCUT2D eigenvalue weighted by Gasteiger charge is 2.16. The van der Waals surface area contributed by atoms with Crippen molar-refractivity contribution in [3.63, 3.8) is 0 Å². The summed E-state index contributed by atoms with van der Waals surface area (Å²) in [5.74, 6) is -1.03. The van der Waals surface area contributed by atoms with Crippen LogP contribution in [0.25, 0.3) is 0 Å². The lowest BCUT2D eigenvalue weighted by Crippen LogP contribution is -2.21. The first kappa shape index (κ1) is 7.81. The molecule has 0 fully saturated rings. The first-order chi connectivity index (χ1) is 5.24. The minimum Gasteiger partial charge on any atom is -0.482 e. The van der Waals surface area contributed by atoms with Gasteiger partial charge in [-0.05, 0) is 6.08 Å². The summed E-state index contributed by atoms with van der Waals surface area (Å²) in [6.07, 6.45) is 3.25. The van der Waals surface area contributed by atoms with Crippen molar-refractivity contribution >= 4 is 5.97 Å². The van der Waals surface area contributed by atoms with Crippen molar-refractivity contribution in [3.8, 4) is 0 Å². The molecule has 1 heterocycles. The summed E-state index contributed by atoms with van der Waals surface area (Å²) in [5, 5.41) is 17.0. The molecule has 0 aromatic heterocycles. The third-order valence-corrected chi connectivity index (χ3v) is 1.28. The molecule has 0 saturated carbocycles. The van der Waals surface area contributed by atoms with E-state index in [1.165, 1.54) is 18.4 Å². The van der Waals surface area contributed by atoms with Crippen LogP contribution in [0.5, 0.6) is 0 Å². The summed E-state index contributed by atoms with van der Waals surface area (Å²) in [6, 6.07) is 0. The van der Waals surface area contributed by atoms with Gasteiger partial charge in [-0.3, -0.25) is 0 Å². The van der Waals surface area contributed by atoms with E-state index in [1.807, 2.05) is 0 Å². The normalized spacial score (nSPS) is 22.3. The van der Waals surface area contributed by atoms with E-state index in [9.17, 15) is 4.79 Å². The maximum absolute atomic E-state index is 10.3. The number of aliphatic hydroxyl groups excluding tert-OH is 1. The van der Waals surface area contributed by atoms with Crippen LogP contribution >= 0.6 is 0 Å². The maximum atomic E-state index is 10.3. The standard InChI is InChI=1S/C7H8O4/c8-3-5-1-2-6(7(9)10)11-4-5/h1-2,4,6,8H,3H2,(H,9,10). The van der Waals surface area contributed by atoms with Crippen molar-refractivity contribution in [2.45, 2.75) is 6.10 Å². The number of carboxylic acid groups (broad SMARTS) is 1. The SMILES string of the molecule is O=C(O)C1C=CC(CO)=CO1. The highest BCUT2D eigenvalue weighted by Crippen LogP contribution is 2.08. The van der Waals surface area contributed by atoms with Gasteiger partial charge in [0.05, 0.1) is 12.9 Å². The van der Waals surface area contributed by atoms with Crippen LogP contribution < -0.4 is 0 Å². The van der Waals surface area contributed by atoms with E-state index in [0.717, 1.165) is 0 Å². The number of hydrogen-bond donors (Lipinski definition) is 2. The van der Waals surface area contributed by atoms with Crippen LogP contribution in [0, 0.1) is 0 Å². The van der Waals surface area contributed by atoms with Crippen LogP contribution in [0.1, 0.15) is 0 Å². The summed E-state index contributed by atoms with van der Waals surface area (Å²) >= 11 is 0. The average Bonchev–Trinajstić information content (AvgIpc) is 2.05. The Hall–Kier alpha value is -1.29. The molecule has 0 aromatic rings. The van der Waals surface area contributed by atoms with Gasteiger partial charge in [-0.2, -0.15) is 0 Å². The molecule has 1 unspecified atom stereocenters. The van der Waals surface area contributed by atoms with Gasteiger partial charge in [0.1, 0.15) is 0 Å². The van der Waals surface area contributed by atoms with Crippen molar-refractivity contribution in [1.29, 1.82) is 0 Å². The summed E-state index contributed by atoms with van der Waals surface area (Å²) in [5.41, 5.74) is 0.572. The summed E-state index contributed by atoms with van der Waals surface area (Å²) in [6.45, 7) is -0.136. The molecular weight excluding hydrogens is 148 g/mol. The summed E-state index contributed by atoms with van der Waals surface area (Å²) in [4.78, 5) is 10.3. The molecule has 0 spiro atoms. The predicted octanol–water partition coefficient (Wildman–Crippen LogP) is -0.0978. The molecule has 0 aliphatic carbocycles. The lowest BCUT2D eigenvalue weighted by molar-refractivity contribution is -0.144. The Morgan fingerprint density at radius 1 is 1.73 bits per heavy atom. The smallest absolute Gasteiger partial charge is 0.349 e. The van der Waals surface area contributed by atoms with E-state index in [-0.39, 0.29) is 6.61 Å². The van der Waals surface area contributed by atoms with Gasteiger partial charge < -0.3 is 14.9 Å². The Labute approximate surface area is 63.4 Å². The Kier molecular flexibility index (Phi) is 2.28. The van der Waals surface area contributed by atoms with E-state index in [1.54, 1.807) is 0 Å². The van der Waals surface area contributed by atoms with E-state index in [4.69, 9.17) is 14.9 Å². The molecule has 4 heteroatoms. The van der Waals surface area contributed by atoms with E-state index in [2.05, 4.69) is 0 Å². The monoisotopic (exact) mass is 156 g/mol. The number of aliphatic hydroxyl groups is 1. The molecule has 11 heavy (non-hydrogen) atoms. The molecule has 1 aliphatic rings. The number of carbonyl (C=O) groups is 1. The fourth-order valence-corrected chi connectivity index (χ4v) is 0.687. The first-order valence-corrected chi connectivity index (χ1v) is 3.10. The third kappa shape index (κ3) is 1.81. The van der Waals surface area contributed by atoms with E-state index in [0.29, 0.717) is 5.57 Å². The number of ether oxygens (including phenoxy) is 1. The highest BCUT2D eigenvalue weighted by molar-refractivity contribution is 5.75. The van der Waals surface area contributed by atoms with Crippen molar-refractivity contribution in [2.24, 2.45) is 0 Å². The predicted molar refractivity (Wildman–Crippen MR) is 36.8 cm³/mol. The molecule has 60 valence electrons. The Morgan fingerprint density at radius 2 is 2.45 bits per heavy atom. The van der Waals surface area contributed by atoms with Crippen LogP contribution in [-0.2, 0) is 9.53 Å². The minimum atomic E-state index is -1.03. The molecule has 0 radical (unpaired) electrons. The van der Waals surface area contributed by atoms with Gasteiger partial charge in [0.2, 0.25) is 6.10 Å². The molecule has 4 nitrogen and oxygen atoms in total. The molecule has 0 amide bonds. The number of hydrogen-bond acceptors (Lipinski definition) is 3. The van der Waals surface area contributed by atoms with Crippen LogP contribution in [0.15, 0.2) is 24.0 Å². The van der Waals surface area contributed by atoms with Crippen molar-refractivity contribution in [2.75, 3.05) is 6.61 Å². The van der Waals surface area contributed by atoms with Gasteiger partial charge in [-0.25, -0.2) is 4.79 Å². The second-order valence-corrected chi connectivity index (χ2v) is 2.10. The van der Waals surface area contributed by atoms with Gasteiger partial charge in [-0.1, -0.05) is 6.08 Å². The Balaban J connectivity index is 2.57. The second-order valence-electron chi connectivity index (χ2n) is 2.10. The summed E-state index contributed by atoms with van der Waals surface area (Å²) < 4.78 is 4.73. The van der Waals surface area contributed by atoms with E-state index >= 15 is 0 Å². The van der Waals surface area contributed by atoms with Crippen LogP contribution in [-0.4, -0.2) is 28.9 Å². The third-order valence-electron chi connectivity index (χ3n) is 1.28. The van der Waals surface area contributed by atoms with Crippen LogP contribution in [0.3, 0.4) is 0 Å². The lowest BCUT2D eigenvalue weighted by atomic mass is 10.2. The lowest BCUT2D eigenvalue weighted by Gasteiger charge is -2.12. The zero-order valence-electron chi connectivity index (χ0n) is 5.73. The molecule has 0 bridgehead atoms. The molecule has 0 aromatic carbocycles. The topological polar surface area (TPSA) is 66.8 Å². The fraction of sp³-hybridized carbons (Fsp3) is 0.286. The number of rotatable bonds is 2. The molecule has 2 N–H and O–H groups in total. The fourth-order valence-electron chi connectivity index (χ4n) is 0.687. The molecule has 1 aliphatic heterocycles. The zero-order chi connectivity index (χ0) is 8.27. The average molecular weight is 156 g/mol. The maximum Gasteiger partial charge on any atom is 0.349 e.